The van der Waals surface area contributed by atoms with E-state index in [1.165, 1.54) is 25.7 Å². The van der Waals surface area contributed by atoms with Gasteiger partial charge in [0.25, 0.3) is 0 Å². The molecule has 1 unspecified atom stereocenters. The molecule has 0 fully saturated rings. The molecular weight excluding hydrogens is 234 g/mol. The Morgan fingerprint density at radius 2 is 2.11 bits per heavy atom. The van der Waals surface area contributed by atoms with Crippen molar-refractivity contribution in [1.29, 1.82) is 0 Å². The molecule has 1 N–H and O–H groups in total. The lowest BCUT2D eigenvalue weighted by atomic mass is 9.86. The first-order chi connectivity index (χ1) is 9.03. The molecule has 0 radical (unpaired) electrons. The highest BCUT2D eigenvalue weighted by molar-refractivity contribution is 4.98. The highest BCUT2D eigenvalue weighted by Crippen LogP contribution is 2.23. The molecule has 2 heteroatoms. The minimum atomic E-state index is 0.411. The van der Waals surface area contributed by atoms with Gasteiger partial charge in [0, 0.05) is 19.0 Å². The summed E-state index contributed by atoms with van der Waals surface area (Å²) in [4.78, 5) is 0. The van der Waals surface area contributed by atoms with E-state index in [2.05, 4.69) is 39.1 Å². The van der Waals surface area contributed by atoms with Crippen molar-refractivity contribution in [3.8, 4) is 0 Å². The van der Waals surface area contributed by atoms with Crippen LogP contribution in [0.5, 0.6) is 0 Å². The van der Waals surface area contributed by atoms with Crippen LogP contribution < -0.4 is 5.32 Å². The monoisotopic (exact) mass is 265 g/mol. The van der Waals surface area contributed by atoms with Gasteiger partial charge in [0.2, 0.25) is 0 Å². The fourth-order valence-corrected chi connectivity index (χ4v) is 2.31. The van der Waals surface area contributed by atoms with Crippen molar-refractivity contribution < 1.29 is 4.42 Å². The smallest absolute Gasteiger partial charge is 0.103 e. The minimum absolute atomic E-state index is 0.411. The molecule has 0 bridgehead atoms. The first kappa shape index (κ1) is 16.3. The van der Waals surface area contributed by atoms with Crippen molar-refractivity contribution in [2.24, 2.45) is 5.41 Å². The minimum Gasteiger partial charge on any atom is -0.469 e. The highest BCUT2D eigenvalue weighted by atomic mass is 16.3. The Hall–Kier alpha value is -0.760. The molecule has 110 valence electrons. The Balaban J connectivity index is 2.15. The Morgan fingerprint density at radius 1 is 1.32 bits per heavy atom. The van der Waals surface area contributed by atoms with Crippen LogP contribution >= 0.6 is 0 Å². The van der Waals surface area contributed by atoms with Crippen LogP contribution in [-0.2, 0) is 6.42 Å². The van der Waals surface area contributed by atoms with Gasteiger partial charge in [-0.1, -0.05) is 40.0 Å². The van der Waals surface area contributed by atoms with E-state index in [0.717, 1.165) is 25.1 Å². The largest absolute Gasteiger partial charge is 0.469 e. The molecule has 1 aromatic rings. The zero-order chi connectivity index (χ0) is 14.1. The molecule has 1 aromatic heterocycles. The number of furan rings is 1. The Morgan fingerprint density at radius 3 is 2.74 bits per heavy atom. The standard InChI is InChI=1S/C17H31NO/c1-5-6-7-12-17(3,4)14-18-15(2)10-11-16-9-8-13-19-16/h8-9,13,15,18H,5-7,10-12,14H2,1-4H3. The first-order valence-electron chi connectivity index (χ1n) is 7.79. The average Bonchev–Trinajstić information content (AvgIpc) is 2.87. The zero-order valence-electron chi connectivity index (χ0n) is 13.2. The molecule has 0 aliphatic carbocycles. The average molecular weight is 265 g/mol. The molecule has 0 aliphatic heterocycles. The lowest BCUT2D eigenvalue weighted by Gasteiger charge is -2.27. The molecule has 0 aliphatic rings. The van der Waals surface area contributed by atoms with Gasteiger partial charge >= 0.3 is 0 Å². The summed E-state index contributed by atoms with van der Waals surface area (Å²) in [6.45, 7) is 10.4. The Kier molecular flexibility index (Phi) is 7.22. The summed E-state index contributed by atoms with van der Waals surface area (Å²) in [7, 11) is 0. The van der Waals surface area contributed by atoms with Crippen LogP contribution in [0.15, 0.2) is 22.8 Å². The Labute approximate surface area is 119 Å². The quantitative estimate of drug-likeness (QED) is 0.615. The molecular formula is C17H31NO. The third kappa shape index (κ3) is 7.41. The van der Waals surface area contributed by atoms with E-state index in [0.29, 0.717) is 11.5 Å². The molecule has 1 rings (SSSR count). The normalized spacial score (nSPS) is 13.7. The molecule has 0 amide bonds. The lowest BCUT2D eigenvalue weighted by Crippen LogP contribution is -2.35. The van der Waals surface area contributed by atoms with Gasteiger partial charge in [-0.3, -0.25) is 0 Å². The van der Waals surface area contributed by atoms with E-state index < -0.39 is 0 Å². The second kappa shape index (κ2) is 8.42. The molecule has 1 heterocycles. The molecule has 0 spiro atoms. The fraction of sp³-hybridized carbons (Fsp3) is 0.765. The maximum Gasteiger partial charge on any atom is 0.103 e. The predicted molar refractivity (Wildman–Crippen MR) is 82.4 cm³/mol. The van der Waals surface area contributed by atoms with Gasteiger partial charge in [-0.15, -0.1) is 0 Å². The van der Waals surface area contributed by atoms with E-state index in [4.69, 9.17) is 4.42 Å². The van der Waals surface area contributed by atoms with Crippen LogP contribution in [0.1, 0.15) is 65.6 Å². The fourth-order valence-electron chi connectivity index (χ4n) is 2.31. The maximum atomic E-state index is 5.37. The summed E-state index contributed by atoms with van der Waals surface area (Å²) in [6.07, 6.45) is 9.26. The number of nitrogens with one attached hydrogen (secondary N) is 1. The molecule has 0 saturated heterocycles. The number of hydrogen-bond acceptors (Lipinski definition) is 2. The number of hydrogen-bond donors (Lipinski definition) is 1. The second-order valence-electron chi connectivity index (χ2n) is 6.52. The summed E-state index contributed by atoms with van der Waals surface area (Å²) < 4.78 is 5.37. The molecule has 0 aromatic carbocycles. The molecule has 2 nitrogen and oxygen atoms in total. The third-order valence-electron chi connectivity index (χ3n) is 3.79. The van der Waals surface area contributed by atoms with Crippen LogP contribution in [0, 0.1) is 5.41 Å². The topological polar surface area (TPSA) is 25.2 Å². The van der Waals surface area contributed by atoms with Gasteiger partial charge in [-0.2, -0.15) is 0 Å². The van der Waals surface area contributed by atoms with Crippen molar-refractivity contribution in [1.82, 2.24) is 5.32 Å². The van der Waals surface area contributed by atoms with Crippen LogP contribution in [0.25, 0.3) is 0 Å². The predicted octanol–water partition coefficient (Wildman–Crippen LogP) is 4.80. The van der Waals surface area contributed by atoms with Gasteiger partial charge in [-0.05, 0) is 37.3 Å². The van der Waals surface area contributed by atoms with E-state index in [9.17, 15) is 0 Å². The SMILES string of the molecule is CCCCCC(C)(C)CNC(C)CCc1ccco1. The number of aryl methyl sites for hydroxylation is 1. The van der Waals surface area contributed by atoms with Crippen LogP contribution in [0.2, 0.25) is 0 Å². The summed E-state index contributed by atoms with van der Waals surface area (Å²) in [5, 5.41) is 3.67. The van der Waals surface area contributed by atoms with E-state index in [1.807, 2.05) is 6.07 Å². The van der Waals surface area contributed by atoms with Gasteiger partial charge in [-0.25, -0.2) is 0 Å². The summed E-state index contributed by atoms with van der Waals surface area (Å²) in [6, 6.07) is 4.57. The number of rotatable bonds is 10. The molecule has 0 saturated carbocycles. The van der Waals surface area contributed by atoms with Crippen LogP contribution in [-0.4, -0.2) is 12.6 Å². The van der Waals surface area contributed by atoms with Gasteiger partial charge in [0.05, 0.1) is 6.26 Å². The molecule has 19 heavy (non-hydrogen) atoms. The highest BCUT2D eigenvalue weighted by Gasteiger charge is 2.17. The second-order valence-corrected chi connectivity index (χ2v) is 6.52. The third-order valence-corrected chi connectivity index (χ3v) is 3.79. The maximum absolute atomic E-state index is 5.37. The van der Waals surface area contributed by atoms with Gasteiger partial charge in [0.1, 0.15) is 5.76 Å². The lowest BCUT2D eigenvalue weighted by molar-refractivity contribution is 0.286. The van der Waals surface area contributed by atoms with Gasteiger partial charge < -0.3 is 9.73 Å². The number of unbranched alkanes of at least 4 members (excludes halogenated alkanes) is 2. The Bertz CT molecular complexity index is 316. The van der Waals surface area contributed by atoms with Crippen LogP contribution in [0.3, 0.4) is 0 Å². The van der Waals surface area contributed by atoms with Crippen molar-refractivity contribution in [3.05, 3.63) is 24.2 Å². The first-order valence-corrected chi connectivity index (χ1v) is 7.79. The van der Waals surface area contributed by atoms with Crippen molar-refractivity contribution >= 4 is 0 Å². The zero-order valence-corrected chi connectivity index (χ0v) is 13.2. The van der Waals surface area contributed by atoms with E-state index in [-0.39, 0.29) is 0 Å². The summed E-state index contributed by atoms with van der Waals surface area (Å²) >= 11 is 0. The molecule has 1 atom stereocenters. The van der Waals surface area contributed by atoms with Crippen molar-refractivity contribution in [3.63, 3.8) is 0 Å². The van der Waals surface area contributed by atoms with Gasteiger partial charge in [0.15, 0.2) is 0 Å². The summed E-state index contributed by atoms with van der Waals surface area (Å²) in [5.74, 6) is 1.09. The van der Waals surface area contributed by atoms with E-state index in [1.54, 1.807) is 6.26 Å². The van der Waals surface area contributed by atoms with Crippen molar-refractivity contribution in [2.75, 3.05) is 6.54 Å². The summed E-state index contributed by atoms with van der Waals surface area (Å²) in [5.41, 5.74) is 0.411. The van der Waals surface area contributed by atoms with E-state index >= 15 is 0 Å². The van der Waals surface area contributed by atoms with Crippen LogP contribution in [0.4, 0.5) is 0 Å². The van der Waals surface area contributed by atoms with Crippen molar-refractivity contribution in [2.45, 2.75) is 72.3 Å².